The van der Waals surface area contributed by atoms with Gasteiger partial charge in [-0.2, -0.15) is 0 Å². The summed E-state index contributed by atoms with van der Waals surface area (Å²) in [5, 5.41) is 13.8. The fraction of sp³-hybridized carbons (Fsp3) is 0.400. The van der Waals surface area contributed by atoms with Gasteiger partial charge in [0.05, 0.1) is 0 Å². The molecule has 0 amide bonds. The van der Waals surface area contributed by atoms with Crippen molar-refractivity contribution in [1.29, 1.82) is 0 Å². The molecule has 1 saturated heterocycles. The number of piperidine rings is 1. The number of β-amino-alcohol motifs (C(OH)–C–C–N with tert-alkyl or cyclic N) is 1. The third-order valence-electron chi connectivity index (χ3n) is 4.39. The molecule has 1 heterocycles. The van der Waals surface area contributed by atoms with Crippen LogP contribution >= 0.6 is 0 Å². The van der Waals surface area contributed by atoms with Gasteiger partial charge in [0, 0.05) is 31.4 Å². The number of aliphatic hydroxyl groups excluding tert-OH is 1. The number of nitrogens with one attached hydrogen (secondary N) is 1. The van der Waals surface area contributed by atoms with Crippen molar-refractivity contribution in [2.24, 2.45) is 0 Å². The molecule has 2 aromatic rings. The van der Waals surface area contributed by atoms with E-state index in [0.717, 1.165) is 31.7 Å². The third-order valence-corrected chi connectivity index (χ3v) is 4.39. The molecule has 2 aromatic carbocycles. The normalized spacial score (nSPS) is 17.4. The van der Waals surface area contributed by atoms with Gasteiger partial charge >= 0.3 is 0 Å². The van der Waals surface area contributed by atoms with Crippen LogP contribution in [0.5, 0.6) is 5.75 Å². The fourth-order valence-corrected chi connectivity index (χ4v) is 3.09. The molecule has 1 fully saturated rings. The van der Waals surface area contributed by atoms with E-state index in [1.165, 1.54) is 5.69 Å². The number of nitrogens with zero attached hydrogens (tertiary/aromatic N) is 1. The fourth-order valence-electron chi connectivity index (χ4n) is 3.09. The van der Waals surface area contributed by atoms with Crippen LogP contribution in [-0.2, 0) is 0 Å². The van der Waals surface area contributed by atoms with Gasteiger partial charge in [-0.1, -0.05) is 36.4 Å². The number of para-hydroxylation sites is 2. The Labute approximate surface area is 144 Å². The van der Waals surface area contributed by atoms with Crippen molar-refractivity contribution in [3.8, 4) is 5.75 Å². The number of hydrogen-bond donors (Lipinski definition) is 2. The average molecular weight is 326 g/mol. The summed E-state index contributed by atoms with van der Waals surface area (Å²) in [5.41, 5.74) is 1.19. The summed E-state index contributed by atoms with van der Waals surface area (Å²) < 4.78 is 5.62. The minimum Gasteiger partial charge on any atom is -0.491 e. The van der Waals surface area contributed by atoms with Gasteiger partial charge < -0.3 is 20.1 Å². The van der Waals surface area contributed by atoms with Gasteiger partial charge in [-0.15, -0.1) is 0 Å². The quantitative estimate of drug-likeness (QED) is 0.821. The molecule has 0 bridgehead atoms. The number of benzene rings is 2. The van der Waals surface area contributed by atoms with Crippen LogP contribution in [0.1, 0.15) is 12.8 Å². The van der Waals surface area contributed by atoms with Crippen molar-refractivity contribution in [3.63, 3.8) is 0 Å². The van der Waals surface area contributed by atoms with Crippen LogP contribution in [0.4, 0.5) is 5.69 Å². The molecule has 0 aromatic heterocycles. The average Bonchev–Trinajstić information content (AvgIpc) is 2.63. The monoisotopic (exact) mass is 326 g/mol. The molecule has 0 spiro atoms. The van der Waals surface area contributed by atoms with Crippen LogP contribution < -0.4 is 10.1 Å². The Morgan fingerprint density at radius 2 is 1.62 bits per heavy atom. The van der Waals surface area contributed by atoms with E-state index in [-0.39, 0.29) is 0 Å². The number of likely N-dealkylation sites (tertiary alicyclic amines) is 1. The molecular formula is C20H26N2O2. The summed E-state index contributed by atoms with van der Waals surface area (Å²) in [4.78, 5) is 2.32. The molecule has 0 aliphatic carbocycles. The number of aliphatic hydroxyl groups is 1. The maximum atomic E-state index is 10.2. The van der Waals surface area contributed by atoms with E-state index in [1.54, 1.807) is 0 Å². The molecule has 0 saturated carbocycles. The molecule has 1 aliphatic rings. The zero-order chi connectivity index (χ0) is 16.6. The minimum atomic E-state index is -0.455. The number of ether oxygens (including phenoxy) is 1. The Kier molecular flexibility index (Phi) is 6.10. The van der Waals surface area contributed by atoms with Crippen LogP contribution in [0.25, 0.3) is 0 Å². The molecule has 4 nitrogen and oxygen atoms in total. The minimum absolute atomic E-state index is 0.339. The predicted octanol–water partition coefficient (Wildman–Crippen LogP) is 3.00. The second kappa shape index (κ2) is 8.71. The summed E-state index contributed by atoms with van der Waals surface area (Å²) in [6.45, 7) is 3.02. The lowest BCUT2D eigenvalue weighted by Gasteiger charge is -2.33. The van der Waals surface area contributed by atoms with Crippen LogP contribution in [0.3, 0.4) is 0 Å². The third kappa shape index (κ3) is 5.25. The first-order valence-corrected chi connectivity index (χ1v) is 8.69. The topological polar surface area (TPSA) is 44.7 Å². The largest absolute Gasteiger partial charge is 0.491 e. The summed E-state index contributed by atoms with van der Waals surface area (Å²) >= 11 is 0. The van der Waals surface area contributed by atoms with E-state index < -0.39 is 6.10 Å². The first kappa shape index (κ1) is 16.8. The summed E-state index contributed by atoms with van der Waals surface area (Å²) in [6.07, 6.45) is 1.74. The molecule has 1 unspecified atom stereocenters. The lowest BCUT2D eigenvalue weighted by molar-refractivity contribution is 0.0605. The van der Waals surface area contributed by atoms with Gasteiger partial charge in [0.2, 0.25) is 0 Å². The first-order chi connectivity index (χ1) is 11.8. The second-order valence-corrected chi connectivity index (χ2v) is 6.36. The van der Waals surface area contributed by atoms with E-state index in [4.69, 9.17) is 4.74 Å². The molecular weight excluding hydrogens is 300 g/mol. The molecule has 3 rings (SSSR count). The Morgan fingerprint density at radius 1 is 1.00 bits per heavy atom. The van der Waals surface area contributed by atoms with Gasteiger partial charge in [-0.25, -0.2) is 0 Å². The lowest BCUT2D eigenvalue weighted by Crippen LogP contribution is -2.43. The Hall–Kier alpha value is -2.04. The number of hydrogen-bond acceptors (Lipinski definition) is 4. The highest BCUT2D eigenvalue weighted by Gasteiger charge is 2.21. The zero-order valence-electron chi connectivity index (χ0n) is 14.0. The Balaban J connectivity index is 1.36. The molecule has 128 valence electrons. The van der Waals surface area contributed by atoms with Gasteiger partial charge in [0.1, 0.15) is 18.5 Å². The molecule has 0 radical (unpaired) electrons. The molecule has 24 heavy (non-hydrogen) atoms. The van der Waals surface area contributed by atoms with Gasteiger partial charge in [0.25, 0.3) is 0 Å². The highest BCUT2D eigenvalue weighted by atomic mass is 16.5. The van der Waals surface area contributed by atoms with Crippen LogP contribution in [0.2, 0.25) is 0 Å². The van der Waals surface area contributed by atoms with Crippen LogP contribution in [0, 0.1) is 0 Å². The van der Waals surface area contributed by atoms with E-state index >= 15 is 0 Å². The predicted molar refractivity (Wildman–Crippen MR) is 97.5 cm³/mol. The standard InChI is InChI=1S/C20H26N2O2/c23-19(16-24-20-9-5-2-6-10-20)15-22-13-11-18(12-14-22)21-17-7-3-1-4-8-17/h1-10,18-19,21,23H,11-16H2. The van der Waals surface area contributed by atoms with Crippen molar-refractivity contribution in [3.05, 3.63) is 60.7 Å². The first-order valence-electron chi connectivity index (χ1n) is 8.69. The summed E-state index contributed by atoms with van der Waals surface area (Å²) in [7, 11) is 0. The van der Waals surface area contributed by atoms with Gasteiger partial charge in [-0.05, 0) is 37.1 Å². The Morgan fingerprint density at radius 3 is 2.29 bits per heavy atom. The second-order valence-electron chi connectivity index (χ2n) is 6.36. The highest BCUT2D eigenvalue weighted by Crippen LogP contribution is 2.17. The van der Waals surface area contributed by atoms with E-state index in [1.807, 2.05) is 36.4 Å². The van der Waals surface area contributed by atoms with Gasteiger partial charge in [0.15, 0.2) is 0 Å². The van der Waals surface area contributed by atoms with E-state index in [2.05, 4.69) is 34.5 Å². The number of anilines is 1. The van der Waals surface area contributed by atoms with Crippen molar-refractivity contribution in [2.75, 3.05) is 31.6 Å². The molecule has 2 N–H and O–H groups in total. The Bertz CT molecular complexity index is 583. The summed E-state index contributed by atoms with van der Waals surface area (Å²) in [5.74, 6) is 0.808. The molecule has 4 heteroatoms. The number of rotatable bonds is 7. The van der Waals surface area contributed by atoms with Crippen LogP contribution in [0.15, 0.2) is 60.7 Å². The highest BCUT2D eigenvalue weighted by molar-refractivity contribution is 5.43. The van der Waals surface area contributed by atoms with Crippen molar-refractivity contribution in [2.45, 2.75) is 25.0 Å². The summed E-state index contributed by atoms with van der Waals surface area (Å²) in [6, 6.07) is 20.5. The zero-order valence-corrected chi connectivity index (χ0v) is 14.0. The molecule has 1 atom stereocenters. The van der Waals surface area contributed by atoms with E-state index in [0.29, 0.717) is 19.2 Å². The van der Waals surface area contributed by atoms with E-state index in [9.17, 15) is 5.11 Å². The smallest absolute Gasteiger partial charge is 0.119 e. The van der Waals surface area contributed by atoms with Crippen molar-refractivity contribution >= 4 is 5.69 Å². The lowest BCUT2D eigenvalue weighted by atomic mass is 10.0. The maximum absolute atomic E-state index is 10.2. The SMILES string of the molecule is OC(COc1ccccc1)CN1CCC(Nc2ccccc2)CC1. The van der Waals surface area contributed by atoms with Crippen molar-refractivity contribution < 1.29 is 9.84 Å². The van der Waals surface area contributed by atoms with Crippen LogP contribution in [-0.4, -0.2) is 48.4 Å². The molecule has 1 aliphatic heterocycles. The van der Waals surface area contributed by atoms with Crippen molar-refractivity contribution in [1.82, 2.24) is 4.90 Å². The maximum Gasteiger partial charge on any atom is 0.119 e. The van der Waals surface area contributed by atoms with Gasteiger partial charge in [-0.3, -0.25) is 0 Å².